The fourth-order valence-electron chi connectivity index (χ4n) is 1.95. The van der Waals surface area contributed by atoms with Crippen LogP contribution in [-0.2, 0) is 15.8 Å². The van der Waals surface area contributed by atoms with E-state index in [0.717, 1.165) is 18.2 Å². The fourth-order valence-corrected chi connectivity index (χ4v) is 1.95. The highest BCUT2D eigenvalue weighted by Gasteiger charge is 2.46. The molecule has 2 N–H and O–H groups in total. The first-order valence-electron chi connectivity index (χ1n) is 6.89. The van der Waals surface area contributed by atoms with Crippen molar-refractivity contribution in [3.05, 3.63) is 48.0 Å². The van der Waals surface area contributed by atoms with Crippen LogP contribution in [-0.4, -0.2) is 24.5 Å². The normalized spacial score (nSPS) is 13.0. The summed E-state index contributed by atoms with van der Waals surface area (Å²) in [5, 5.41) is 3.71. The minimum atomic E-state index is -5.14. The van der Waals surface area contributed by atoms with Gasteiger partial charge in [-0.15, -0.1) is 0 Å². The molecular weight excluding hydrogens is 354 g/mol. The molecule has 4 nitrogen and oxygen atoms in total. The third-order valence-electron chi connectivity index (χ3n) is 3.05. The molecule has 0 aliphatic heterocycles. The first-order valence-corrected chi connectivity index (χ1v) is 6.89. The van der Waals surface area contributed by atoms with Crippen molar-refractivity contribution < 1.29 is 35.9 Å². The summed E-state index contributed by atoms with van der Waals surface area (Å²) in [7, 11) is 0. The second-order valence-electron chi connectivity index (χ2n) is 4.87. The van der Waals surface area contributed by atoms with Gasteiger partial charge in [-0.05, 0) is 17.7 Å². The highest BCUT2D eigenvalue weighted by molar-refractivity contribution is 5.87. The third kappa shape index (κ3) is 6.12. The molecule has 0 aliphatic rings. The number of carbonyl (C=O) groups excluding carboxylic acids is 2. The molecule has 10 heteroatoms. The summed E-state index contributed by atoms with van der Waals surface area (Å²) in [6, 6.07) is 0.296. The SMILES string of the molecule is C=CC(=O)NCCC(=O)NC(c1ccccc1C(F)(F)F)C(F)(F)F. The van der Waals surface area contributed by atoms with Crippen LogP contribution in [0.1, 0.15) is 23.6 Å². The highest BCUT2D eigenvalue weighted by atomic mass is 19.4. The van der Waals surface area contributed by atoms with E-state index in [-0.39, 0.29) is 6.54 Å². The molecule has 1 rings (SSSR count). The molecule has 138 valence electrons. The number of nitrogens with one attached hydrogen (secondary N) is 2. The van der Waals surface area contributed by atoms with E-state index in [1.807, 2.05) is 0 Å². The molecule has 0 aliphatic carbocycles. The lowest BCUT2D eigenvalue weighted by Crippen LogP contribution is -2.40. The molecule has 1 aromatic carbocycles. The van der Waals surface area contributed by atoms with Crippen molar-refractivity contribution in [3.63, 3.8) is 0 Å². The van der Waals surface area contributed by atoms with Crippen LogP contribution in [0.25, 0.3) is 0 Å². The van der Waals surface area contributed by atoms with Gasteiger partial charge in [0, 0.05) is 13.0 Å². The van der Waals surface area contributed by atoms with Gasteiger partial charge in [0.15, 0.2) is 6.04 Å². The van der Waals surface area contributed by atoms with Gasteiger partial charge in [0.2, 0.25) is 11.8 Å². The predicted octanol–water partition coefficient (Wildman–Crippen LogP) is 3.12. The number of rotatable bonds is 6. The number of hydrogen-bond acceptors (Lipinski definition) is 2. The van der Waals surface area contributed by atoms with Crippen LogP contribution in [0, 0.1) is 0 Å². The van der Waals surface area contributed by atoms with E-state index >= 15 is 0 Å². The lowest BCUT2D eigenvalue weighted by Gasteiger charge is -2.25. The van der Waals surface area contributed by atoms with Crippen LogP contribution in [0.2, 0.25) is 0 Å². The molecule has 0 spiro atoms. The van der Waals surface area contributed by atoms with Gasteiger partial charge >= 0.3 is 12.4 Å². The number of amides is 2. The average molecular weight is 368 g/mol. The zero-order valence-electron chi connectivity index (χ0n) is 12.7. The first-order chi connectivity index (χ1) is 11.5. The minimum Gasteiger partial charge on any atom is -0.352 e. The van der Waals surface area contributed by atoms with Crippen LogP contribution < -0.4 is 10.6 Å². The zero-order valence-corrected chi connectivity index (χ0v) is 12.7. The second kappa shape index (κ2) is 8.04. The lowest BCUT2D eigenvalue weighted by molar-refractivity contribution is -0.167. The monoisotopic (exact) mass is 368 g/mol. The molecule has 0 saturated heterocycles. The zero-order chi connectivity index (χ0) is 19.3. The van der Waals surface area contributed by atoms with Crippen LogP contribution in [0.5, 0.6) is 0 Å². The summed E-state index contributed by atoms with van der Waals surface area (Å²) in [5.41, 5.74) is -2.59. The number of halogens is 6. The Labute approximate surface area is 138 Å². The summed E-state index contributed by atoms with van der Waals surface area (Å²) in [4.78, 5) is 22.5. The summed E-state index contributed by atoms with van der Waals surface area (Å²) in [6.45, 7) is 2.85. The van der Waals surface area contributed by atoms with E-state index < -0.39 is 47.8 Å². The Hall–Kier alpha value is -2.52. The molecule has 0 heterocycles. The molecule has 0 bridgehead atoms. The lowest BCUT2D eigenvalue weighted by atomic mass is 9.99. The van der Waals surface area contributed by atoms with Gasteiger partial charge in [-0.3, -0.25) is 9.59 Å². The second-order valence-corrected chi connectivity index (χ2v) is 4.87. The van der Waals surface area contributed by atoms with Gasteiger partial charge in [-0.1, -0.05) is 24.8 Å². The van der Waals surface area contributed by atoms with Crippen LogP contribution in [0.15, 0.2) is 36.9 Å². The predicted molar refractivity (Wildman–Crippen MR) is 76.2 cm³/mol. The van der Waals surface area contributed by atoms with Gasteiger partial charge in [-0.2, -0.15) is 26.3 Å². The van der Waals surface area contributed by atoms with Crippen LogP contribution in [0.3, 0.4) is 0 Å². The third-order valence-corrected chi connectivity index (χ3v) is 3.05. The molecule has 0 fully saturated rings. The minimum absolute atomic E-state index is 0.290. The molecule has 1 aromatic rings. The van der Waals surface area contributed by atoms with Crippen LogP contribution in [0.4, 0.5) is 26.3 Å². The van der Waals surface area contributed by atoms with Crippen molar-refractivity contribution in [2.75, 3.05) is 6.54 Å². The van der Waals surface area contributed by atoms with Gasteiger partial charge in [0.1, 0.15) is 0 Å². The molecule has 1 unspecified atom stereocenters. The topological polar surface area (TPSA) is 58.2 Å². The van der Waals surface area contributed by atoms with Crippen molar-refractivity contribution in [3.8, 4) is 0 Å². The Kier molecular flexibility index (Phi) is 6.60. The molecule has 0 saturated carbocycles. The molecule has 1 atom stereocenters. The van der Waals surface area contributed by atoms with Gasteiger partial charge < -0.3 is 10.6 Å². The van der Waals surface area contributed by atoms with E-state index in [1.165, 1.54) is 5.32 Å². The fraction of sp³-hybridized carbons (Fsp3) is 0.333. The van der Waals surface area contributed by atoms with Crippen LogP contribution >= 0.6 is 0 Å². The van der Waals surface area contributed by atoms with Crippen molar-refractivity contribution >= 4 is 11.8 Å². The number of alkyl halides is 6. The Morgan fingerprint density at radius 2 is 1.72 bits per heavy atom. The molecule has 2 amide bonds. The maximum Gasteiger partial charge on any atom is 0.416 e. The number of carbonyl (C=O) groups is 2. The largest absolute Gasteiger partial charge is 0.416 e. The summed E-state index contributed by atoms with van der Waals surface area (Å²) in [5.74, 6) is -1.80. The summed E-state index contributed by atoms with van der Waals surface area (Å²) >= 11 is 0. The van der Waals surface area contributed by atoms with Gasteiger partial charge in [-0.25, -0.2) is 0 Å². The Morgan fingerprint density at radius 1 is 1.12 bits per heavy atom. The number of hydrogen-bond donors (Lipinski definition) is 2. The maximum atomic E-state index is 13.2. The molecular formula is C15H14F6N2O2. The molecule has 0 aromatic heterocycles. The highest BCUT2D eigenvalue weighted by Crippen LogP contribution is 2.40. The average Bonchev–Trinajstić information content (AvgIpc) is 2.50. The Balaban J connectivity index is 2.99. The maximum absolute atomic E-state index is 13.2. The van der Waals surface area contributed by atoms with Crippen molar-refractivity contribution in [2.45, 2.75) is 24.8 Å². The van der Waals surface area contributed by atoms with Crippen molar-refractivity contribution in [2.24, 2.45) is 0 Å². The Bertz CT molecular complexity index is 640. The van der Waals surface area contributed by atoms with E-state index in [4.69, 9.17) is 0 Å². The summed E-state index contributed by atoms with van der Waals surface area (Å²) in [6.07, 6.45) is -9.79. The van der Waals surface area contributed by atoms with E-state index in [0.29, 0.717) is 12.1 Å². The quantitative estimate of drug-likeness (QED) is 0.599. The van der Waals surface area contributed by atoms with Gasteiger partial charge in [0.05, 0.1) is 5.56 Å². The van der Waals surface area contributed by atoms with E-state index in [2.05, 4.69) is 11.9 Å². The van der Waals surface area contributed by atoms with E-state index in [9.17, 15) is 35.9 Å². The first kappa shape index (κ1) is 20.5. The molecule has 25 heavy (non-hydrogen) atoms. The van der Waals surface area contributed by atoms with Gasteiger partial charge in [0.25, 0.3) is 0 Å². The number of benzene rings is 1. The standard InChI is InChI=1S/C15H14F6N2O2/c1-2-11(24)22-8-7-12(25)23-13(15(19,20)21)9-5-3-4-6-10(9)14(16,17)18/h2-6,13H,1,7-8H2,(H,22,24)(H,23,25). The van der Waals surface area contributed by atoms with Crippen molar-refractivity contribution in [1.82, 2.24) is 10.6 Å². The van der Waals surface area contributed by atoms with Crippen molar-refractivity contribution in [1.29, 1.82) is 0 Å². The van der Waals surface area contributed by atoms with E-state index in [1.54, 1.807) is 0 Å². The Morgan fingerprint density at radius 3 is 2.24 bits per heavy atom. The molecule has 0 radical (unpaired) electrons. The smallest absolute Gasteiger partial charge is 0.352 e. The summed E-state index contributed by atoms with van der Waals surface area (Å²) < 4.78 is 78.3.